The zero-order valence-corrected chi connectivity index (χ0v) is 13.2. The number of nitrogens with one attached hydrogen (secondary N) is 1. The monoisotopic (exact) mass is 306 g/mol. The van der Waals surface area contributed by atoms with Gasteiger partial charge in [0.05, 0.1) is 5.52 Å². The first-order valence-electron chi connectivity index (χ1n) is 7.33. The van der Waals surface area contributed by atoms with Crippen LogP contribution in [0.5, 0.6) is 0 Å². The summed E-state index contributed by atoms with van der Waals surface area (Å²) in [6.45, 7) is 1.68. The van der Waals surface area contributed by atoms with E-state index in [1.807, 2.05) is 38.5 Å². The van der Waals surface area contributed by atoms with Gasteiger partial charge in [-0.3, -0.25) is 4.57 Å². The molecular formula is C17H18N6. The van der Waals surface area contributed by atoms with Gasteiger partial charge in [-0.2, -0.15) is 4.98 Å². The van der Waals surface area contributed by atoms with E-state index >= 15 is 0 Å². The van der Waals surface area contributed by atoms with Crippen molar-refractivity contribution in [3.8, 4) is 18.3 Å². The van der Waals surface area contributed by atoms with Gasteiger partial charge in [0.25, 0.3) is 0 Å². The van der Waals surface area contributed by atoms with Crippen LogP contribution in [0.4, 0.5) is 5.82 Å². The van der Waals surface area contributed by atoms with Crippen molar-refractivity contribution in [3.63, 3.8) is 0 Å². The van der Waals surface area contributed by atoms with Gasteiger partial charge in [-0.05, 0) is 32.3 Å². The maximum Gasteiger partial charge on any atom is 0.237 e. The number of anilines is 1. The second-order valence-electron chi connectivity index (χ2n) is 5.45. The fourth-order valence-corrected chi connectivity index (χ4v) is 2.23. The predicted molar refractivity (Wildman–Crippen MR) is 91.6 cm³/mol. The molecule has 1 aromatic carbocycles. The molecule has 2 aromatic heterocycles. The molecule has 6 nitrogen and oxygen atoms in total. The third-order valence-electron chi connectivity index (χ3n) is 3.44. The van der Waals surface area contributed by atoms with Gasteiger partial charge < -0.3 is 10.2 Å². The van der Waals surface area contributed by atoms with Gasteiger partial charge in [0.1, 0.15) is 12.1 Å². The molecule has 0 spiro atoms. The van der Waals surface area contributed by atoms with Crippen LogP contribution in [-0.4, -0.2) is 51.6 Å². The van der Waals surface area contributed by atoms with Crippen molar-refractivity contribution in [2.75, 3.05) is 32.5 Å². The Morgan fingerprint density at radius 3 is 2.87 bits per heavy atom. The summed E-state index contributed by atoms with van der Waals surface area (Å²) in [7, 11) is 4.07. The maximum atomic E-state index is 5.51. The van der Waals surface area contributed by atoms with Gasteiger partial charge in [0.15, 0.2) is 0 Å². The highest BCUT2D eigenvalue weighted by Gasteiger charge is 2.09. The van der Waals surface area contributed by atoms with Crippen LogP contribution in [0.15, 0.2) is 36.9 Å². The molecule has 0 fully saturated rings. The Hall–Kier alpha value is -2.91. The number of likely N-dealkylation sites (N-methyl/N-ethyl adjacent to an activating group) is 1. The number of hydrogen-bond acceptors (Lipinski definition) is 5. The van der Waals surface area contributed by atoms with Gasteiger partial charge in [-0.1, -0.05) is 5.92 Å². The third-order valence-corrected chi connectivity index (χ3v) is 3.44. The van der Waals surface area contributed by atoms with E-state index < -0.39 is 0 Å². The van der Waals surface area contributed by atoms with Gasteiger partial charge in [-0.15, -0.1) is 6.42 Å². The van der Waals surface area contributed by atoms with Crippen molar-refractivity contribution in [1.29, 1.82) is 0 Å². The largest absolute Gasteiger partial charge is 0.368 e. The van der Waals surface area contributed by atoms with Gasteiger partial charge in [-0.25, -0.2) is 9.97 Å². The molecule has 0 aliphatic carbocycles. The number of hydrogen-bond donors (Lipinski definition) is 1. The molecule has 1 N–H and O–H groups in total. The fourth-order valence-electron chi connectivity index (χ4n) is 2.23. The minimum absolute atomic E-state index is 0.579. The Balaban J connectivity index is 2.06. The molecule has 3 aromatic rings. The van der Waals surface area contributed by atoms with Crippen molar-refractivity contribution in [1.82, 2.24) is 24.4 Å². The summed E-state index contributed by atoms with van der Waals surface area (Å²) in [5.41, 5.74) is 1.65. The standard InChI is InChI=1S/C17H18N6/c1-4-13-5-6-15-14(11-13)16(19-8-9-22(2)3)21-17(20-15)23-10-7-18-12-23/h1,5-7,10-12H,8-9H2,2-3H3,(H,19,20,21). The molecule has 0 unspecified atom stereocenters. The minimum atomic E-state index is 0.579. The first kappa shape index (κ1) is 15.0. The predicted octanol–water partition coefficient (Wildman–Crippen LogP) is 1.77. The number of benzene rings is 1. The molecule has 6 heteroatoms. The van der Waals surface area contributed by atoms with E-state index in [4.69, 9.17) is 6.42 Å². The van der Waals surface area contributed by atoms with Crippen LogP contribution in [0.2, 0.25) is 0 Å². The Morgan fingerprint density at radius 1 is 1.30 bits per heavy atom. The minimum Gasteiger partial charge on any atom is -0.368 e. The Kier molecular flexibility index (Phi) is 4.22. The normalized spacial score (nSPS) is 10.9. The van der Waals surface area contributed by atoms with Gasteiger partial charge >= 0.3 is 0 Å². The summed E-state index contributed by atoms with van der Waals surface area (Å²) < 4.78 is 1.78. The molecule has 0 bridgehead atoms. The van der Waals surface area contributed by atoms with E-state index in [9.17, 15) is 0 Å². The van der Waals surface area contributed by atoms with Crippen LogP contribution >= 0.6 is 0 Å². The lowest BCUT2D eigenvalue weighted by Crippen LogP contribution is -2.21. The van der Waals surface area contributed by atoms with Crippen molar-refractivity contribution in [3.05, 3.63) is 42.5 Å². The van der Waals surface area contributed by atoms with E-state index in [2.05, 4.69) is 31.1 Å². The molecule has 0 atom stereocenters. The highest BCUT2D eigenvalue weighted by Crippen LogP contribution is 2.22. The molecule has 0 amide bonds. The van der Waals surface area contributed by atoms with Crippen molar-refractivity contribution < 1.29 is 0 Å². The van der Waals surface area contributed by atoms with Crippen LogP contribution < -0.4 is 5.32 Å². The fraction of sp³-hybridized carbons (Fsp3) is 0.235. The zero-order chi connectivity index (χ0) is 16.2. The molecule has 0 radical (unpaired) electrons. The summed E-state index contributed by atoms with van der Waals surface area (Å²) in [5, 5.41) is 4.30. The summed E-state index contributed by atoms with van der Waals surface area (Å²) in [5.74, 6) is 4.01. The highest BCUT2D eigenvalue weighted by atomic mass is 15.2. The molecule has 0 saturated heterocycles. The molecule has 23 heavy (non-hydrogen) atoms. The van der Waals surface area contributed by atoms with E-state index in [-0.39, 0.29) is 0 Å². The summed E-state index contributed by atoms with van der Waals surface area (Å²) in [4.78, 5) is 15.4. The lowest BCUT2D eigenvalue weighted by Gasteiger charge is -2.13. The average molecular weight is 306 g/mol. The van der Waals surface area contributed by atoms with Crippen molar-refractivity contribution in [2.24, 2.45) is 0 Å². The number of nitrogens with zero attached hydrogens (tertiary/aromatic N) is 5. The van der Waals surface area contributed by atoms with Gasteiger partial charge in [0, 0.05) is 36.4 Å². The summed E-state index contributed by atoms with van der Waals surface area (Å²) in [6.07, 6.45) is 10.7. The van der Waals surface area contributed by atoms with E-state index in [1.165, 1.54) is 0 Å². The Bertz CT molecular complexity index is 845. The van der Waals surface area contributed by atoms with Crippen LogP contribution in [0, 0.1) is 12.3 Å². The number of aromatic nitrogens is 4. The Morgan fingerprint density at radius 2 is 2.17 bits per heavy atom. The SMILES string of the molecule is C#Cc1ccc2nc(-n3ccnc3)nc(NCCN(C)C)c2c1. The molecular weight excluding hydrogens is 288 g/mol. The number of rotatable bonds is 5. The molecule has 0 saturated carbocycles. The topological polar surface area (TPSA) is 58.9 Å². The van der Waals surface area contributed by atoms with Gasteiger partial charge in [0.2, 0.25) is 5.95 Å². The highest BCUT2D eigenvalue weighted by molar-refractivity contribution is 5.90. The van der Waals surface area contributed by atoms with E-state index in [1.54, 1.807) is 17.1 Å². The number of terminal acetylenes is 1. The molecule has 2 heterocycles. The van der Waals surface area contributed by atoms with Crippen LogP contribution in [0.3, 0.4) is 0 Å². The lowest BCUT2D eigenvalue weighted by atomic mass is 10.1. The Labute approximate surface area is 135 Å². The molecule has 116 valence electrons. The maximum absolute atomic E-state index is 5.51. The smallest absolute Gasteiger partial charge is 0.237 e. The van der Waals surface area contributed by atoms with Crippen molar-refractivity contribution in [2.45, 2.75) is 0 Å². The van der Waals surface area contributed by atoms with Crippen LogP contribution in [0.25, 0.3) is 16.9 Å². The molecule has 0 aliphatic heterocycles. The second kappa shape index (κ2) is 6.46. The van der Waals surface area contributed by atoms with E-state index in [0.29, 0.717) is 5.95 Å². The average Bonchev–Trinajstić information content (AvgIpc) is 3.08. The van der Waals surface area contributed by atoms with Crippen LogP contribution in [-0.2, 0) is 0 Å². The lowest BCUT2D eigenvalue weighted by molar-refractivity contribution is 0.425. The third kappa shape index (κ3) is 3.30. The summed E-state index contributed by atoms with van der Waals surface area (Å²) in [6, 6.07) is 5.74. The number of fused-ring (bicyclic) bond motifs is 1. The summed E-state index contributed by atoms with van der Waals surface area (Å²) >= 11 is 0. The second-order valence-corrected chi connectivity index (χ2v) is 5.45. The first-order valence-corrected chi connectivity index (χ1v) is 7.33. The van der Waals surface area contributed by atoms with E-state index in [0.717, 1.165) is 35.4 Å². The zero-order valence-electron chi connectivity index (χ0n) is 13.2. The first-order chi connectivity index (χ1) is 11.2. The van der Waals surface area contributed by atoms with Crippen molar-refractivity contribution >= 4 is 16.7 Å². The van der Waals surface area contributed by atoms with Crippen LogP contribution in [0.1, 0.15) is 5.56 Å². The quantitative estimate of drug-likeness (QED) is 0.728. The number of imidazole rings is 1. The molecule has 3 rings (SSSR count). The molecule has 0 aliphatic rings.